The maximum Gasteiger partial charge on any atom is 0.315 e. The number of amides is 2. The van der Waals surface area contributed by atoms with Gasteiger partial charge in [-0.2, -0.15) is 0 Å². The largest absolute Gasteiger partial charge is 0.467 e. The molecule has 2 saturated carbocycles. The van der Waals surface area contributed by atoms with Crippen LogP contribution in [0.2, 0.25) is 0 Å². The van der Waals surface area contributed by atoms with E-state index in [2.05, 4.69) is 31.4 Å². The minimum atomic E-state index is -0.0871. The molecule has 2 amide bonds. The summed E-state index contributed by atoms with van der Waals surface area (Å²) in [5, 5.41) is 6.05. The SMILES string of the molecule is CC1(C)C2CCC1(C)C(NC(=O)NCc1ccco1)C2. The quantitative estimate of drug-likeness (QED) is 0.890. The molecular weight excluding hydrogens is 252 g/mol. The van der Waals surface area contributed by atoms with Gasteiger partial charge in [-0.1, -0.05) is 20.8 Å². The van der Waals surface area contributed by atoms with Gasteiger partial charge in [-0.15, -0.1) is 0 Å². The first-order valence-electron chi connectivity index (χ1n) is 7.50. The summed E-state index contributed by atoms with van der Waals surface area (Å²) >= 11 is 0. The highest BCUT2D eigenvalue weighted by molar-refractivity contribution is 5.74. The number of nitrogens with one attached hydrogen (secondary N) is 2. The molecule has 3 unspecified atom stereocenters. The molecule has 0 radical (unpaired) electrons. The molecule has 0 spiro atoms. The van der Waals surface area contributed by atoms with Crippen molar-refractivity contribution in [2.24, 2.45) is 16.7 Å². The number of rotatable bonds is 3. The molecule has 1 aromatic heterocycles. The monoisotopic (exact) mass is 276 g/mol. The number of carbonyl (C=O) groups is 1. The van der Waals surface area contributed by atoms with Crippen molar-refractivity contribution in [2.45, 2.75) is 52.6 Å². The Morgan fingerprint density at radius 2 is 2.25 bits per heavy atom. The van der Waals surface area contributed by atoms with Crippen LogP contribution in [0.1, 0.15) is 45.8 Å². The molecule has 110 valence electrons. The number of furan rings is 1. The zero-order valence-electron chi connectivity index (χ0n) is 12.5. The molecule has 0 aliphatic heterocycles. The standard InChI is InChI=1S/C16H24N2O2/c1-15(2)11-6-7-16(15,3)13(9-11)18-14(19)17-10-12-5-4-8-20-12/h4-5,8,11,13H,6-7,9-10H2,1-3H3,(H2,17,18,19). The zero-order chi connectivity index (χ0) is 14.4. The number of urea groups is 1. The summed E-state index contributed by atoms with van der Waals surface area (Å²) in [5.41, 5.74) is 0.547. The minimum absolute atomic E-state index is 0.0871. The van der Waals surface area contributed by atoms with Gasteiger partial charge in [0, 0.05) is 6.04 Å². The second kappa shape index (κ2) is 4.54. The lowest BCUT2D eigenvalue weighted by Gasteiger charge is -2.39. The van der Waals surface area contributed by atoms with Crippen molar-refractivity contribution in [3.05, 3.63) is 24.2 Å². The molecule has 2 N–H and O–H groups in total. The van der Waals surface area contributed by atoms with E-state index < -0.39 is 0 Å². The summed E-state index contributed by atoms with van der Waals surface area (Å²) in [5.74, 6) is 1.52. The van der Waals surface area contributed by atoms with E-state index in [1.165, 1.54) is 12.8 Å². The Hall–Kier alpha value is -1.45. The lowest BCUT2D eigenvalue weighted by molar-refractivity contribution is 0.123. The third kappa shape index (κ3) is 1.93. The summed E-state index contributed by atoms with van der Waals surface area (Å²) < 4.78 is 5.21. The first kappa shape index (κ1) is 13.5. The maximum absolute atomic E-state index is 12.1. The fourth-order valence-electron chi connectivity index (χ4n) is 4.21. The molecule has 3 atom stereocenters. The highest BCUT2D eigenvalue weighted by atomic mass is 16.3. The fraction of sp³-hybridized carbons (Fsp3) is 0.688. The van der Waals surface area contributed by atoms with E-state index in [-0.39, 0.29) is 17.5 Å². The second-order valence-electron chi connectivity index (χ2n) is 7.07. The van der Waals surface area contributed by atoms with Crippen molar-refractivity contribution >= 4 is 6.03 Å². The van der Waals surface area contributed by atoms with E-state index in [0.717, 1.165) is 18.1 Å². The van der Waals surface area contributed by atoms with Crippen LogP contribution in [0.25, 0.3) is 0 Å². The topological polar surface area (TPSA) is 54.3 Å². The van der Waals surface area contributed by atoms with E-state index in [0.29, 0.717) is 12.0 Å². The molecule has 2 aliphatic carbocycles. The van der Waals surface area contributed by atoms with Crippen LogP contribution in [0, 0.1) is 16.7 Å². The Morgan fingerprint density at radius 1 is 1.45 bits per heavy atom. The third-order valence-corrected chi connectivity index (χ3v) is 6.10. The van der Waals surface area contributed by atoms with Crippen LogP contribution in [0.3, 0.4) is 0 Å². The van der Waals surface area contributed by atoms with Crippen LogP contribution >= 0.6 is 0 Å². The zero-order valence-corrected chi connectivity index (χ0v) is 12.5. The van der Waals surface area contributed by atoms with Gasteiger partial charge >= 0.3 is 6.03 Å². The molecule has 2 fully saturated rings. The lowest BCUT2D eigenvalue weighted by atomic mass is 9.69. The van der Waals surface area contributed by atoms with Gasteiger partial charge in [-0.3, -0.25) is 0 Å². The molecule has 2 aliphatic rings. The van der Waals surface area contributed by atoms with E-state index >= 15 is 0 Å². The maximum atomic E-state index is 12.1. The van der Waals surface area contributed by atoms with Crippen molar-refractivity contribution in [1.29, 1.82) is 0 Å². The Morgan fingerprint density at radius 3 is 2.80 bits per heavy atom. The predicted molar refractivity (Wildman–Crippen MR) is 77.1 cm³/mol. The Bertz CT molecular complexity index is 495. The lowest BCUT2D eigenvalue weighted by Crippen LogP contribution is -2.49. The van der Waals surface area contributed by atoms with Crippen molar-refractivity contribution in [3.8, 4) is 0 Å². The van der Waals surface area contributed by atoms with Crippen molar-refractivity contribution in [2.75, 3.05) is 0 Å². The molecule has 3 rings (SSSR count). The summed E-state index contributed by atoms with van der Waals surface area (Å²) in [6.07, 6.45) is 5.25. The molecule has 4 nitrogen and oxygen atoms in total. The minimum Gasteiger partial charge on any atom is -0.467 e. The molecule has 1 heterocycles. The van der Waals surface area contributed by atoms with E-state index in [1.807, 2.05) is 12.1 Å². The van der Waals surface area contributed by atoms with Gasteiger partial charge in [0.2, 0.25) is 0 Å². The average molecular weight is 276 g/mol. The Labute approximate surface area is 120 Å². The van der Waals surface area contributed by atoms with Gasteiger partial charge in [0.15, 0.2) is 0 Å². The van der Waals surface area contributed by atoms with Gasteiger partial charge in [0.1, 0.15) is 5.76 Å². The Kier molecular flexibility index (Phi) is 3.07. The number of fused-ring (bicyclic) bond motifs is 2. The molecule has 4 heteroatoms. The summed E-state index contributed by atoms with van der Waals surface area (Å²) in [6, 6.07) is 3.89. The van der Waals surface area contributed by atoms with Crippen molar-refractivity contribution in [3.63, 3.8) is 0 Å². The third-order valence-electron chi connectivity index (χ3n) is 6.10. The normalized spacial score (nSPS) is 34.1. The first-order chi connectivity index (χ1) is 9.43. The van der Waals surface area contributed by atoms with Gasteiger partial charge in [-0.05, 0) is 48.1 Å². The van der Waals surface area contributed by atoms with Crippen LogP contribution < -0.4 is 10.6 Å². The number of carbonyl (C=O) groups excluding carboxylic acids is 1. The second-order valence-corrected chi connectivity index (χ2v) is 7.07. The fourth-order valence-corrected chi connectivity index (χ4v) is 4.21. The van der Waals surface area contributed by atoms with Gasteiger partial charge in [0.25, 0.3) is 0 Å². The summed E-state index contributed by atoms with van der Waals surface area (Å²) in [4.78, 5) is 12.1. The van der Waals surface area contributed by atoms with Crippen molar-refractivity contribution in [1.82, 2.24) is 10.6 Å². The highest BCUT2D eigenvalue weighted by Gasteiger charge is 2.61. The summed E-state index contributed by atoms with van der Waals surface area (Å²) in [6.45, 7) is 7.48. The molecule has 0 aromatic carbocycles. The average Bonchev–Trinajstić information content (AvgIpc) is 3.02. The van der Waals surface area contributed by atoms with Crippen LogP contribution in [0.15, 0.2) is 22.8 Å². The van der Waals surface area contributed by atoms with Crippen LogP contribution in [-0.2, 0) is 6.54 Å². The number of hydrogen-bond donors (Lipinski definition) is 2. The molecule has 1 aromatic rings. The van der Waals surface area contributed by atoms with Crippen LogP contribution in [-0.4, -0.2) is 12.1 Å². The molecule has 0 saturated heterocycles. The summed E-state index contributed by atoms with van der Waals surface area (Å²) in [7, 11) is 0. The molecular formula is C16H24N2O2. The number of hydrogen-bond acceptors (Lipinski definition) is 2. The van der Waals surface area contributed by atoms with Crippen molar-refractivity contribution < 1.29 is 9.21 Å². The first-order valence-corrected chi connectivity index (χ1v) is 7.50. The van der Waals surface area contributed by atoms with Gasteiger partial charge in [-0.25, -0.2) is 4.79 Å². The van der Waals surface area contributed by atoms with E-state index in [4.69, 9.17) is 4.42 Å². The molecule has 20 heavy (non-hydrogen) atoms. The van der Waals surface area contributed by atoms with E-state index in [9.17, 15) is 4.79 Å². The van der Waals surface area contributed by atoms with E-state index in [1.54, 1.807) is 6.26 Å². The van der Waals surface area contributed by atoms with Crippen LogP contribution in [0.4, 0.5) is 4.79 Å². The molecule has 2 bridgehead atoms. The predicted octanol–water partition coefficient (Wildman–Crippen LogP) is 3.29. The van der Waals surface area contributed by atoms with Gasteiger partial charge < -0.3 is 15.1 Å². The highest BCUT2D eigenvalue weighted by Crippen LogP contribution is 2.65. The van der Waals surface area contributed by atoms with Gasteiger partial charge in [0.05, 0.1) is 12.8 Å². The smallest absolute Gasteiger partial charge is 0.315 e. The van der Waals surface area contributed by atoms with Crippen LogP contribution in [0.5, 0.6) is 0 Å². The Balaban J connectivity index is 1.58.